The predicted octanol–water partition coefficient (Wildman–Crippen LogP) is 1.04. The van der Waals surface area contributed by atoms with Crippen LogP contribution in [-0.2, 0) is 14.3 Å². The summed E-state index contributed by atoms with van der Waals surface area (Å²) in [4.78, 5) is 41.2. The van der Waals surface area contributed by atoms with E-state index in [1.807, 2.05) is 30.3 Å². The third-order valence-corrected chi connectivity index (χ3v) is 6.09. The Kier molecular flexibility index (Phi) is 5.82. The molecule has 1 aliphatic carbocycles. The van der Waals surface area contributed by atoms with Crippen LogP contribution in [0.5, 0.6) is 0 Å². The number of benzene rings is 1. The summed E-state index contributed by atoms with van der Waals surface area (Å²) in [6, 6.07) is 9.09. The van der Waals surface area contributed by atoms with Crippen molar-refractivity contribution in [2.45, 2.75) is 37.3 Å². The number of morpholine rings is 1. The van der Waals surface area contributed by atoms with Crippen LogP contribution in [0, 0.1) is 0 Å². The zero-order valence-electron chi connectivity index (χ0n) is 16.6. The Morgan fingerprint density at radius 3 is 2.52 bits per heavy atom. The van der Waals surface area contributed by atoms with Crippen molar-refractivity contribution in [2.75, 3.05) is 39.4 Å². The third-order valence-electron chi connectivity index (χ3n) is 6.09. The molecule has 1 atom stereocenters. The number of nitrogens with one attached hydrogen (secondary N) is 2. The number of hydrogen-bond donors (Lipinski definition) is 2. The summed E-state index contributed by atoms with van der Waals surface area (Å²) in [6.07, 6.45) is 3.14. The molecule has 2 saturated heterocycles. The van der Waals surface area contributed by atoms with E-state index < -0.39 is 11.6 Å². The Morgan fingerprint density at radius 2 is 1.83 bits per heavy atom. The van der Waals surface area contributed by atoms with Gasteiger partial charge >= 0.3 is 6.03 Å². The van der Waals surface area contributed by atoms with Crippen LogP contribution in [0.3, 0.4) is 0 Å². The molecule has 2 aliphatic heterocycles. The van der Waals surface area contributed by atoms with E-state index in [-0.39, 0.29) is 24.4 Å². The van der Waals surface area contributed by atoms with Crippen LogP contribution in [0.15, 0.2) is 30.3 Å². The molecule has 8 heteroatoms. The standard InChI is InChI=1S/C21H28N4O4/c26-18(15-25-19(27)21(23-20(25)28)8-4-5-9-21)22-17(16-6-2-1-3-7-16)14-24-10-12-29-13-11-24/h1-3,6-7,17H,4-5,8-15H2,(H,22,26)(H,23,28)/t17-/m0/s1. The molecule has 2 N–H and O–H groups in total. The summed E-state index contributed by atoms with van der Waals surface area (Å²) in [6.45, 7) is 3.39. The molecule has 29 heavy (non-hydrogen) atoms. The van der Waals surface area contributed by atoms with Crippen molar-refractivity contribution in [2.24, 2.45) is 0 Å². The van der Waals surface area contributed by atoms with Crippen LogP contribution >= 0.6 is 0 Å². The van der Waals surface area contributed by atoms with Crippen molar-refractivity contribution in [3.63, 3.8) is 0 Å². The van der Waals surface area contributed by atoms with E-state index in [0.29, 0.717) is 32.6 Å². The van der Waals surface area contributed by atoms with Crippen molar-refractivity contribution in [1.82, 2.24) is 20.4 Å². The first kappa shape index (κ1) is 19.8. The molecule has 156 valence electrons. The van der Waals surface area contributed by atoms with E-state index in [9.17, 15) is 14.4 Å². The van der Waals surface area contributed by atoms with Gasteiger partial charge in [-0.3, -0.25) is 19.4 Å². The van der Waals surface area contributed by atoms with E-state index in [2.05, 4.69) is 15.5 Å². The number of urea groups is 1. The van der Waals surface area contributed by atoms with Crippen LogP contribution in [0.1, 0.15) is 37.3 Å². The van der Waals surface area contributed by atoms with Gasteiger partial charge in [0.05, 0.1) is 19.3 Å². The molecular weight excluding hydrogens is 372 g/mol. The van der Waals surface area contributed by atoms with Gasteiger partial charge in [-0.25, -0.2) is 4.79 Å². The minimum Gasteiger partial charge on any atom is -0.379 e. The summed E-state index contributed by atoms with van der Waals surface area (Å²) >= 11 is 0. The average Bonchev–Trinajstić information content (AvgIpc) is 3.30. The Morgan fingerprint density at radius 1 is 1.14 bits per heavy atom. The lowest BCUT2D eigenvalue weighted by Crippen LogP contribution is -2.47. The molecule has 0 unspecified atom stereocenters. The van der Waals surface area contributed by atoms with Gasteiger partial charge in [0.15, 0.2) is 0 Å². The Balaban J connectivity index is 1.42. The zero-order valence-corrected chi connectivity index (χ0v) is 16.6. The Bertz CT molecular complexity index is 757. The first-order valence-corrected chi connectivity index (χ1v) is 10.4. The van der Waals surface area contributed by atoms with Gasteiger partial charge in [0, 0.05) is 19.6 Å². The summed E-state index contributed by atoms with van der Waals surface area (Å²) in [7, 11) is 0. The highest BCUT2D eigenvalue weighted by Crippen LogP contribution is 2.34. The number of imide groups is 1. The number of hydrogen-bond acceptors (Lipinski definition) is 5. The summed E-state index contributed by atoms with van der Waals surface area (Å²) in [5.74, 6) is -0.592. The number of ether oxygens (including phenoxy) is 1. The molecule has 0 bridgehead atoms. The van der Waals surface area contributed by atoms with Gasteiger partial charge in [-0.1, -0.05) is 43.2 Å². The van der Waals surface area contributed by atoms with Gasteiger partial charge in [-0.05, 0) is 18.4 Å². The first-order valence-electron chi connectivity index (χ1n) is 10.4. The molecule has 2 heterocycles. The molecule has 1 aromatic carbocycles. The van der Waals surface area contributed by atoms with Crippen LogP contribution in [0.4, 0.5) is 4.79 Å². The largest absolute Gasteiger partial charge is 0.379 e. The maximum absolute atomic E-state index is 12.8. The SMILES string of the molecule is O=C(CN1C(=O)NC2(CCCC2)C1=O)N[C@@H](CN1CCOCC1)c1ccccc1. The summed E-state index contributed by atoms with van der Waals surface area (Å²) in [5.41, 5.74) is 0.209. The van der Waals surface area contributed by atoms with E-state index >= 15 is 0 Å². The van der Waals surface area contributed by atoms with Crippen LogP contribution < -0.4 is 10.6 Å². The van der Waals surface area contributed by atoms with Crippen LogP contribution in [0.2, 0.25) is 0 Å². The number of nitrogens with zero attached hydrogens (tertiary/aromatic N) is 2. The fourth-order valence-corrected chi connectivity index (χ4v) is 4.48. The third kappa shape index (κ3) is 4.28. The molecule has 8 nitrogen and oxygen atoms in total. The van der Waals surface area contributed by atoms with Gasteiger partial charge in [0.1, 0.15) is 12.1 Å². The molecule has 4 amide bonds. The minimum atomic E-state index is -0.788. The van der Waals surface area contributed by atoms with Crippen LogP contribution in [0.25, 0.3) is 0 Å². The molecule has 1 spiro atoms. The number of carbonyl (C=O) groups excluding carboxylic acids is 3. The number of carbonyl (C=O) groups is 3. The molecule has 0 aromatic heterocycles. The maximum atomic E-state index is 12.8. The topological polar surface area (TPSA) is 91.0 Å². The van der Waals surface area contributed by atoms with E-state index in [0.717, 1.165) is 36.4 Å². The minimum absolute atomic E-state index is 0.219. The Labute approximate surface area is 170 Å². The van der Waals surface area contributed by atoms with Gasteiger partial charge in [-0.2, -0.15) is 0 Å². The second-order valence-electron chi connectivity index (χ2n) is 8.05. The van der Waals surface area contributed by atoms with E-state index in [1.54, 1.807) is 0 Å². The highest BCUT2D eigenvalue weighted by molar-refractivity contribution is 6.09. The van der Waals surface area contributed by atoms with Gasteiger partial charge in [0.25, 0.3) is 5.91 Å². The van der Waals surface area contributed by atoms with Gasteiger partial charge in [-0.15, -0.1) is 0 Å². The number of amides is 4. The van der Waals surface area contributed by atoms with Crippen molar-refractivity contribution in [3.05, 3.63) is 35.9 Å². The van der Waals surface area contributed by atoms with E-state index in [1.165, 1.54) is 0 Å². The van der Waals surface area contributed by atoms with Crippen molar-refractivity contribution >= 4 is 17.8 Å². The molecule has 3 aliphatic rings. The fourth-order valence-electron chi connectivity index (χ4n) is 4.48. The monoisotopic (exact) mass is 400 g/mol. The second kappa shape index (κ2) is 8.51. The van der Waals surface area contributed by atoms with E-state index in [4.69, 9.17) is 4.74 Å². The lowest BCUT2D eigenvalue weighted by atomic mass is 9.98. The van der Waals surface area contributed by atoms with Crippen molar-refractivity contribution in [1.29, 1.82) is 0 Å². The highest BCUT2D eigenvalue weighted by Gasteiger charge is 2.52. The predicted molar refractivity (Wildman–Crippen MR) is 106 cm³/mol. The lowest BCUT2D eigenvalue weighted by molar-refractivity contribution is -0.135. The summed E-state index contributed by atoms with van der Waals surface area (Å²) < 4.78 is 5.41. The van der Waals surface area contributed by atoms with Gasteiger partial charge < -0.3 is 15.4 Å². The maximum Gasteiger partial charge on any atom is 0.325 e. The van der Waals surface area contributed by atoms with Gasteiger partial charge in [0.2, 0.25) is 5.91 Å². The molecule has 1 saturated carbocycles. The Hall–Kier alpha value is -2.45. The first-order chi connectivity index (χ1) is 14.1. The van der Waals surface area contributed by atoms with Crippen LogP contribution in [-0.4, -0.2) is 72.6 Å². The molecule has 1 aromatic rings. The second-order valence-corrected chi connectivity index (χ2v) is 8.05. The highest BCUT2D eigenvalue weighted by atomic mass is 16.5. The molecule has 0 radical (unpaired) electrons. The quantitative estimate of drug-likeness (QED) is 0.697. The van der Waals surface area contributed by atoms with Crippen molar-refractivity contribution in [3.8, 4) is 0 Å². The number of rotatable bonds is 6. The average molecular weight is 400 g/mol. The molecular formula is C21H28N4O4. The normalized spacial score (nSPS) is 22.7. The zero-order chi connectivity index (χ0) is 20.3. The lowest BCUT2D eigenvalue weighted by Gasteiger charge is -2.31. The molecule has 4 rings (SSSR count). The smallest absolute Gasteiger partial charge is 0.325 e. The van der Waals surface area contributed by atoms with Crippen molar-refractivity contribution < 1.29 is 19.1 Å². The summed E-state index contributed by atoms with van der Waals surface area (Å²) in [5, 5.41) is 5.85. The fraction of sp³-hybridized carbons (Fsp3) is 0.571. The molecule has 3 fully saturated rings.